The molecular formula is C20H16Br2N4O6. The molecule has 0 saturated heterocycles. The molecule has 0 radical (unpaired) electrons. The van der Waals surface area contributed by atoms with E-state index in [9.17, 15) is 19.7 Å². The monoisotopic (exact) mass is 566 g/mol. The number of carbonyl (C=O) groups is 1. The number of aliphatic carboxylic acids is 1. The molecule has 0 amide bonds. The lowest BCUT2D eigenvalue weighted by Gasteiger charge is -2.12. The van der Waals surface area contributed by atoms with Crippen LogP contribution >= 0.6 is 31.9 Å². The lowest BCUT2D eigenvalue weighted by molar-refractivity contribution is -0.386. The minimum absolute atomic E-state index is 0.171. The smallest absolute Gasteiger partial charge is 0.344 e. The van der Waals surface area contributed by atoms with Crippen LogP contribution in [0.3, 0.4) is 0 Å². The van der Waals surface area contributed by atoms with Crippen molar-refractivity contribution in [2.75, 3.05) is 0 Å². The van der Waals surface area contributed by atoms with Gasteiger partial charge in [-0.25, -0.2) is 9.78 Å². The van der Waals surface area contributed by atoms with Crippen molar-refractivity contribution in [3.8, 4) is 5.75 Å². The van der Waals surface area contributed by atoms with Gasteiger partial charge in [-0.05, 0) is 47.1 Å². The van der Waals surface area contributed by atoms with Crippen molar-refractivity contribution in [1.29, 1.82) is 0 Å². The first-order valence-corrected chi connectivity index (χ1v) is 10.8. The highest BCUT2D eigenvalue weighted by Gasteiger charge is 2.24. The number of nitrogens with zero attached hydrogens (tertiary/aromatic N) is 4. The zero-order chi connectivity index (χ0) is 23.6. The second kappa shape index (κ2) is 9.57. The molecule has 0 spiro atoms. The summed E-state index contributed by atoms with van der Waals surface area (Å²) in [6.07, 6.45) is 0.425. The molecular weight excluding hydrogens is 552 g/mol. The number of hydrogen-bond acceptors (Lipinski definition) is 7. The molecule has 1 aromatic heterocycles. The zero-order valence-corrected chi connectivity index (χ0v) is 20.0. The van der Waals surface area contributed by atoms with Crippen molar-refractivity contribution in [3.05, 3.63) is 71.1 Å². The van der Waals surface area contributed by atoms with E-state index in [2.05, 4.69) is 41.9 Å². The predicted octanol–water partition coefficient (Wildman–Crippen LogP) is 4.13. The summed E-state index contributed by atoms with van der Waals surface area (Å²) in [6, 6.07) is 7.81. The van der Waals surface area contributed by atoms with Crippen LogP contribution in [0.5, 0.6) is 5.75 Å². The summed E-state index contributed by atoms with van der Waals surface area (Å²) >= 11 is 6.52. The number of rotatable bonds is 7. The highest BCUT2D eigenvalue weighted by Crippen LogP contribution is 2.36. The van der Waals surface area contributed by atoms with Crippen LogP contribution in [-0.2, 0) is 11.2 Å². The number of benzene rings is 2. The maximum atomic E-state index is 13.0. The predicted molar refractivity (Wildman–Crippen MR) is 125 cm³/mol. The summed E-state index contributed by atoms with van der Waals surface area (Å²) in [6.45, 7) is 3.09. The van der Waals surface area contributed by atoms with E-state index in [0.717, 1.165) is 9.15 Å². The molecule has 0 aliphatic rings. The molecule has 0 fully saturated rings. The fourth-order valence-electron chi connectivity index (χ4n) is 2.82. The van der Waals surface area contributed by atoms with Gasteiger partial charge in [0.2, 0.25) is 5.75 Å². The molecule has 3 rings (SSSR count). The van der Waals surface area contributed by atoms with E-state index in [1.54, 1.807) is 18.2 Å². The SMILES string of the molecule is CCc1nc2ccc(Br)cc2c(=O)n1N=Cc1cc(Br)c(O[C@@H](C)C(=O)O)c([N+](=O)[O-])c1. The molecule has 166 valence electrons. The van der Waals surface area contributed by atoms with Crippen molar-refractivity contribution < 1.29 is 19.6 Å². The van der Waals surface area contributed by atoms with Crippen LogP contribution in [-0.4, -0.2) is 38.0 Å². The van der Waals surface area contributed by atoms with Crippen LogP contribution in [0.2, 0.25) is 0 Å². The summed E-state index contributed by atoms with van der Waals surface area (Å²) in [4.78, 5) is 39.3. The van der Waals surface area contributed by atoms with Gasteiger partial charge in [-0.1, -0.05) is 22.9 Å². The molecule has 0 aliphatic heterocycles. The number of carboxylic acids is 1. The molecule has 0 bridgehead atoms. The Morgan fingerprint density at radius 1 is 1.38 bits per heavy atom. The van der Waals surface area contributed by atoms with E-state index in [1.165, 1.54) is 25.3 Å². The first-order chi connectivity index (χ1) is 15.1. The summed E-state index contributed by atoms with van der Waals surface area (Å²) in [5.41, 5.74) is 0.00175. The van der Waals surface area contributed by atoms with Gasteiger partial charge >= 0.3 is 11.7 Å². The third-order valence-corrected chi connectivity index (χ3v) is 5.48. The Morgan fingerprint density at radius 2 is 2.09 bits per heavy atom. The minimum atomic E-state index is -1.29. The summed E-state index contributed by atoms with van der Waals surface area (Å²) in [7, 11) is 0. The molecule has 0 unspecified atom stereocenters. The van der Waals surface area contributed by atoms with E-state index in [4.69, 9.17) is 9.84 Å². The van der Waals surface area contributed by atoms with Crippen LogP contribution in [0.15, 0.2) is 49.2 Å². The lowest BCUT2D eigenvalue weighted by atomic mass is 10.2. The Morgan fingerprint density at radius 3 is 2.72 bits per heavy atom. The van der Waals surface area contributed by atoms with E-state index in [-0.39, 0.29) is 15.8 Å². The maximum Gasteiger partial charge on any atom is 0.344 e. The van der Waals surface area contributed by atoms with Gasteiger partial charge in [0.15, 0.2) is 6.10 Å². The summed E-state index contributed by atoms with van der Waals surface area (Å²) in [5, 5.41) is 25.1. The topological polar surface area (TPSA) is 137 Å². The van der Waals surface area contributed by atoms with Gasteiger partial charge in [-0.15, -0.1) is 0 Å². The lowest BCUT2D eigenvalue weighted by Crippen LogP contribution is -2.23. The van der Waals surface area contributed by atoms with Gasteiger partial charge in [0.05, 0.1) is 26.5 Å². The number of carboxylic acid groups (broad SMARTS) is 1. The van der Waals surface area contributed by atoms with Gasteiger partial charge < -0.3 is 9.84 Å². The van der Waals surface area contributed by atoms with Crippen molar-refractivity contribution >= 4 is 60.6 Å². The second-order valence-electron chi connectivity index (χ2n) is 6.61. The van der Waals surface area contributed by atoms with Gasteiger partial charge in [-0.3, -0.25) is 14.9 Å². The van der Waals surface area contributed by atoms with Crippen molar-refractivity contribution in [2.24, 2.45) is 5.10 Å². The number of hydrogen-bond donors (Lipinski definition) is 1. The van der Waals surface area contributed by atoms with E-state index >= 15 is 0 Å². The normalized spacial score (nSPS) is 12.2. The molecule has 32 heavy (non-hydrogen) atoms. The van der Waals surface area contributed by atoms with Crippen LogP contribution in [0.25, 0.3) is 10.9 Å². The number of nitro groups is 1. The number of fused-ring (bicyclic) bond motifs is 1. The van der Waals surface area contributed by atoms with Gasteiger partial charge in [-0.2, -0.15) is 9.78 Å². The highest BCUT2D eigenvalue weighted by molar-refractivity contribution is 9.10. The molecule has 0 aliphatic carbocycles. The van der Waals surface area contributed by atoms with Crippen LogP contribution < -0.4 is 10.3 Å². The van der Waals surface area contributed by atoms with E-state index in [1.807, 2.05) is 6.92 Å². The van der Waals surface area contributed by atoms with Crippen LogP contribution in [0.1, 0.15) is 25.2 Å². The number of halogens is 2. The Balaban J connectivity index is 2.09. The van der Waals surface area contributed by atoms with Crippen molar-refractivity contribution in [1.82, 2.24) is 9.66 Å². The van der Waals surface area contributed by atoms with Crippen LogP contribution in [0, 0.1) is 10.1 Å². The molecule has 1 N–H and O–H groups in total. The molecule has 10 nitrogen and oxygen atoms in total. The molecule has 2 aromatic carbocycles. The molecule has 3 aromatic rings. The standard InChI is InChI=1S/C20H16Br2N4O6/c1-3-17-24-15-5-4-12(21)8-13(15)19(27)25(17)23-9-11-6-14(22)18(16(7-11)26(30)31)32-10(2)20(28)29/h4-10H,3H2,1-2H3,(H,28,29)/t10-/m0/s1. The number of aryl methyl sites for hydroxylation is 1. The fraction of sp³-hybridized carbons (Fsp3) is 0.200. The van der Waals surface area contributed by atoms with E-state index in [0.29, 0.717) is 28.7 Å². The third kappa shape index (κ3) is 4.86. The minimum Gasteiger partial charge on any atom is -0.479 e. The number of nitro benzene ring substituents is 1. The summed E-state index contributed by atoms with van der Waals surface area (Å²) in [5.74, 6) is -1.06. The number of ether oxygens (including phenoxy) is 1. The molecule has 12 heteroatoms. The zero-order valence-electron chi connectivity index (χ0n) is 16.8. The first kappa shape index (κ1) is 23.5. The number of aromatic nitrogens is 2. The fourth-order valence-corrected chi connectivity index (χ4v) is 3.74. The molecule has 1 atom stereocenters. The Bertz CT molecular complexity index is 1320. The third-order valence-electron chi connectivity index (χ3n) is 4.40. The van der Waals surface area contributed by atoms with Crippen LogP contribution in [0.4, 0.5) is 5.69 Å². The Kier molecular flexibility index (Phi) is 7.04. The van der Waals surface area contributed by atoms with Gasteiger partial charge in [0.1, 0.15) is 5.82 Å². The van der Waals surface area contributed by atoms with Crippen molar-refractivity contribution in [2.45, 2.75) is 26.4 Å². The summed E-state index contributed by atoms with van der Waals surface area (Å²) < 4.78 is 7.26. The van der Waals surface area contributed by atoms with Gasteiger partial charge in [0.25, 0.3) is 5.56 Å². The second-order valence-corrected chi connectivity index (χ2v) is 8.38. The first-order valence-electron chi connectivity index (χ1n) is 9.25. The van der Waals surface area contributed by atoms with Crippen molar-refractivity contribution in [3.63, 3.8) is 0 Å². The Hall–Kier alpha value is -3.12. The van der Waals surface area contributed by atoms with Gasteiger partial charge in [0, 0.05) is 22.5 Å². The average Bonchev–Trinajstić information content (AvgIpc) is 2.74. The highest BCUT2D eigenvalue weighted by atomic mass is 79.9. The van der Waals surface area contributed by atoms with E-state index < -0.39 is 22.7 Å². The largest absolute Gasteiger partial charge is 0.479 e. The quantitative estimate of drug-likeness (QED) is 0.257. The maximum absolute atomic E-state index is 13.0. The molecule has 1 heterocycles. The average molecular weight is 568 g/mol. The molecule has 0 saturated carbocycles. The Labute approximate surface area is 197 Å².